The van der Waals surface area contributed by atoms with E-state index in [1.54, 1.807) is 19.1 Å². The maximum absolute atomic E-state index is 12.7. The van der Waals surface area contributed by atoms with E-state index >= 15 is 0 Å². The van der Waals surface area contributed by atoms with E-state index < -0.39 is 52.1 Å². The van der Waals surface area contributed by atoms with Crippen LogP contribution in [0.5, 0.6) is 0 Å². The molecule has 0 aromatic rings. The summed E-state index contributed by atoms with van der Waals surface area (Å²) in [5, 5.41) is 10.0. The predicted octanol–water partition coefficient (Wildman–Crippen LogP) is 2.71. The maximum Gasteiger partial charge on any atom is 0.314 e. The second-order valence-electron chi connectivity index (χ2n) is 7.55. The predicted molar refractivity (Wildman–Crippen MR) is 96.7 cm³/mol. The van der Waals surface area contributed by atoms with Crippen molar-refractivity contribution in [2.75, 3.05) is 7.11 Å². The molecule has 2 bridgehead atoms. The van der Waals surface area contributed by atoms with Crippen molar-refractivity contribution in [3.63, 3.8) is 0 Å². The molecular formula is C18H21IO6. The lowest BCUT2D eigenvalue weighted by Gasteiger charge is -2.63. The molecule has 4 aliphatic rings. The zero-order valence-corrected chi connectivity index (χ0v) is 16.5. The fourth-order valence-electron chi connectivity index (χ4n) is 5.12. The van der Waals surface area contributed by atoms with Crippen molar-refractivity contribution in [3.05, 3.63) is 22.3 Å². The first-order valence-corrected chi connectivity index (χ1v) is 9.23. The molecule has 1 saturated carbocycles. The van der Waals surface area contributed by atoms with Gasteiger partial charge in [-0.1, -0.05) is 19.1 Å². The van der Waals surface area contributed by atoms with Gasteiger partial charge in [0.2, 0.25) is 0 Å². The molecular weight excluding hydrogens is 439 g/mol. The Hall–Kier alpha value is -1.38. The third kappa shape index (κ3) is 2.04. The van der Waals surface area contributed by atoms with Crippen LogP contribution in [-0.4, -0.2) is 35.7 Å². The minimum absolute atomic E-state index is 0.457. The zero-order chi connectivity index (χ0) is 18.8. The Bertz CT molecular complexity index is 714. The monoisotopic (exact) mass is 460 g/mol. The molecule has 25 heavy (non-hydrogen) atoms. The number of carbonyl (C=O) groups is 3. The van der Waals surface area contributed by atoms with Crippen molar-refractivity contribution >= 4 is 40.5 Å². The van der Waals surface area contributed by atoms with Crippen LogP contribution in [0.25, 0.3) is 0 Å². The Kier molecular flexibility index (Phi) is 4.09. The van der Waals surface area contributed by atoms with E-state index in [9.17, 15) is 19.5 Å². The van der Waals surface area contributed by atoms with Crippen LogP contribution in [0.15, 0.2) is 22.3 Å². The summed E-state index contributed by atoms with van der Waals surface area (Å²) in [5.74, 6) is -4.37. The van der Waals surface area contributed by atoms with Gasteiger partial charge in [0, 0.05) is 14.9 Å². The van der Waals surface area contributed by atoms with E-state index in [2.05, 4.69) is 29.2 Å². The lowest BCUT2D eigenvalue weighted by molar-refractivity contribution is -0.237. The van der Waals surface area contributed by atoms with Crippen LogP contribution in [0.4, 0.5) is 0 Å². The van der Waals surface area contributed by atoms with E-state index in [-0.39, 0.29) is 0 Å². The first kappa shape index (κ1) is 18.4. The Morgan fingerprint density at radius 1 is 1.48 bits per heavy atom. The second kappa shape index (κ2) is 5.56. The van der Waals surface area contributed by atoms with Crippen molar-refractivity contribution in [3.8, 4) is 0 Å². The fourth-order valence-corrected chi connectivity index (χ4v) is 6.27. The number of fused-ring (bicyclic) bond motifs is 1. The van der Waals surface area contributed by atoms with Crippen molar-refractivity contribution in [1.29, 1.82) is 0 Å². The smallest absolute Gasteiger partial charge is 0.314 e. The van der Waals surface area contributed by atoms with E-state index in [0.717, 1.165) is 0 Å². The van der Waals surface area contributed by atoms with Crippen LogP contribution in [0.1, 0.15) is 26.7 Å². The quantitative estimate of drug-likeness (QED) is 0.396. The fraction of sp³-hybridized carbons (Fsp3) is 0.611. The van der Waals surface area contributed by atoms with Crippen molar-refractivity contribution in [2.24, 2.45) is 28.6 Å². The third-order valence-electron chi connectivity index (χ3n) is 6.50. The number of hydrogen-bond acceptors (Lipinski definition) is 5. The third-order valence-corrected chi connectivity index (χ3v) is 7.70. The van der Waals surface area contributed by atoms with Gasteiger partial charge in [-0.25, -0.2) is 0 Å². The van der Waals surface area contributed by atoms with E-state index in [1.165, 1.54) is 7.11 Å². The van der Waals surface area contributed by atoms with Gasteiger partial charge < -0.3 is 14.6 Å². The lowest BCUT2D eigenvalue weighted by Crippen LogP contribution is -2.72. The highest BCUT2D eigenvalue weighted by Crippen LogP contribution is 2.67. The number of aliphatic carboxylic acids is 1. The molecule has 1 spiro atoms. The standard InChI is InChI=1S/C18H21IO6/c1-5-16(2)7-6-10-17(3,15(23)24-4)9-8-11(19)18(10,25-14(9)22)12(16)13(20)21/h5,8-10,12H,1,6-7H2,2-4H3,(H,20,21)/t9-,10?,12+,16+,17-,18+/m1/s1. The highest BCUT2D eigenvalue weighted by atomic mass is 127. The van der Waals surface area contributed by atoms with Crippen LogP contribution in [0.3, 0.4) is 0 Å². The lowest BCUT2D eigenvalue weighted by atomic mass is 9.45. The van der Waals surface area contributed by atoms with E-state index in [1.807, 2.05) is 6.92 Å². The molecule has 2 fully saturated rings. The Balaban J connectivity index is 2.31. The molecule has 1 unspecified atom stereocenters. The van der Waals surface area contributed by atoms with Gasteiger partial charge in [0.25, 0.3) is 0 Å². The molecule has 1 saturated heterocycles. The summed E-state index contributed by atoms with van der Waals surface area (Å²) in [6.45, 7) is 7.33. The summed E-state index contributed by atoms with van der Waals surface area (Å²) in [6, 6.07) is 0. The van der Waals surface area contributed by atoms with Gasteiger partial charge in [0.15, 0.2) is 5.60 Å². The molecule has 0 amide bonds. The Labute approximate surface area is 159 Å². The molecule has 2 aliphatic heterocycles. The van der Waals surface area contributed by atoms with Gasteiger partial charge in [-0.2, -0.15) is 0 Å². The van der Waals surface area contributed by atoms with Crippen molar-refractivity contribution in [1.82, 2.24) is 0 Å². The zero-order valence-electron chi connectivity index (χ0n) is 14.4. The molecule has 2 aliphatic carbocycles. The number of halogens is 1. The number of carboxylic acids is 1. The highest BCUT2D eigenvalue weighted by Gasteiger charge is 2.75. The molecule has 0 radical (unpaired) electrons. The van der Waals surface area contributed by atoms with Crippen LogP contribution in [-0.2, 0) is 23.9 Å². The second-order valence-corrected chi connectivity index (χ2v) is 8.72. The van der Waals surface area contributed by atoms with Crippen molar-refractivity contribution in [2.45, 2.75) is 32.3 Å². The molecule has 0 aromatic carbocycles. The summed E-state index contributed by atoms with van der Waals surface area (Å²) in [4.78, 5) is 37.6. The molecule has 1 N–H and O–H groups in total. The highest BCUT2D eigenvalue weighted by molar-refractivity contribution is 14.1. The van der Waals surface area contributed by atoms with Crippen LogP contribution in [0.2, 0.25) is 0 Å². The minimum atomic E-state index is -1.37. The Morgan fingerprint density at radius 3 is 2.64 bits per heavy atom. The SMILES string of the molecule is C=C[C@@]1(C)CCC2[C@](C)(C(=O)OC)[C@@H]3C=C(I)[C@]2(OC3=O)[C@H]1C(=O)O. The first-order chi connectivity index (χ1) is 11.6. The van der Waals surface area contributed by atoms with Gasteiger partial charge in [0.1, 0.15) is 5.92 Å². The number of carbonyl (C=O) groups excluding carboxylic acids is 2. The van der Waals surface area contributed by atoms with Gasteiger partial charge in [0.05, 0.1) is 18.4 Å². The molecule has 2 heterocycles. The summed E-state index contributed by atoms with van der Waals surface area (Å²) in [7, 11) is 1.29. The average molecular weight is 460 g/mol. The summed E-state index contributed by atoms with van der Waals surface area (Å²) >= 11 is 2.05. The van der Waals surface area contributed by atoms with E-state index in [4.69, 9.17) is 9.47 Å². The molecule has 0 aromatic heterocycles. The molecule has 136 valence electrons. The number of esters is 2. The topological polar surface area (TPSA) is 89.9 Å². The van der Waals surface area contributed by atoms with Gasteiger partial charge in [-0.05, 0) is 42.4 Å². The van der Waals surface area contributed by atoms with E-state index in [0.29, 0.717) is 16.4 Å². The molecule has 4 rings (SSSR count). The van der Waals surface area contributed by atoms with Gasteiger partial charge in [-0.15, -0.1) is 6.58 Å². The summed E-state index contributed by atoms with van der Waals surface area (Å²) in [6.07, 6.45) is 4.40. The number of rotatable bonds is 3. The van der Waals surface area contributed by atoms with Crippen LogP contribution in [0, 0.1) is 28.6 Å². The summed E-state index contributed by atoms with van der Waals surface area (Å²) in [5.41, 5.74) is -3.27. The van der Waals surface area contributed by atoms with Gasteiger partial charge >= 0.3 is 17.9 Å². The maximum atomic E-state index is 12.7. The van der Waals surface area contributed by atoms with Crippen LogP contribution >= 0.6 is 22.6 Å². The first-order valence-electron chi connectivity index (χ1n) is 8.15. The Morgan fingerprint density at radius 2 is 2.12 bits per heavy atom. The molecule has 6 nitrogen and oxygen atoms in total. The van der Waals surface area contributed by atoms with Crippen molar-refractivity contribution < 1.29 is 29.0 Å². The number of allylic oxidation sites excluding steroid dienone is 1. The summed E-state index contributed by atoms with van der Waals surface area (Å²) < 4.78 is 11.5. The minimum Gasteiger partial charge on any atom is -0.481 e. The van der Waals surface area contributed by atoms with Crippen LogP contribution < -0.4 is 0 Å². The largest absolute Gasteiger partial charge is 0.481 e. The number of hydrogen-bond donors (Lipinski definition) is 1. The molecule has 6 atom stereocenters. The number of methoxy groups -OCH3 is 1. The number of ether oxygens (including phenoxy) is 2. The normalized spacial score (nSPS) is 45.0. The van der Waals surface area contributed by atoms with Gasteiger partial charge in [-0.3, -0.25) is 14.4 Å². The average Bonchev–Trinajstić information content (AvgIpc) is 2.55. The molecule has 7 heteroatoms. The number of carboxylic acid groups (broad SMARTS) is 1.